The molecule has 1 atom stereocenters. The van der Waals surface area contributed by atoms with Crippen LogP contribution < -0.4 is 10.6 Å². The van der Waals surface area contributed by atoms with Gasteiger partial charge in [-0.1, -0.05) is 57.2 Å². The molecular weight excluding hydrogens is 353 g/mol. The number of amides is 1. The lowest BCUT2D eigenvalue weighted by molar-refractivity contribution is -0.137. The third kappa shape index (κ3) is 5.82. The highest BCUT2D eigenvalue weighted by Gasteiger charge is 2.33. The maximum Gasteiger partial charge on any atom is 0.418 e. The molecule has 2 N–H and O–H groups in total. The Bertz CT molecular complexity index is 755. The molecule has 1 amide bonds. The van der Waals surface area contributed by atoms with Crippen molar-refractivity contribution in [3.8, 4) is 0 Å². The molecule has 2 aromatic carbocycles. The molecule has 0 heterocycles. The van der Waals surface area contributed by atoms with Crippen molar-refractivity contribution in [2.75, 3.05) is 11.9 Å². The zero-order valence-corrected chi connectivity index (χ0v) is 15.7. The first-order valence-corrected chi connectivity index (χ1v) is 9.00. The molecular formula is C21H25F3N2O. The van der Waals surface area contributed by atoms with Gasteiger partial charge in [-0.05, 0) is 35.6 Å². The van der Waals surface area contributed by atoms with E-state index >= 15 is 0 Å². The minimum absolute atomic E-state index is 0.0699. The second-order valence-electron chi connectivity index (χ2n) is 6.79. The van der Waals surface area contributed by atoms with E-state index in [-0.39, 0.29) is 24.2 Å². The summed E-state index contributed by atoms with van der Waals surface area (Å²) in [5.74, 6) is -0.296. The number of halogens is 3. The highest BCUT2D eigenvalue weighted by molar-refractivity contribution is 5.93. The van der Waals surface area contributed by atoms with Crippen molar-refractivity contribution >= 4 is 11.6 Å². The first kappa shape index (κ1) is 21.0. The van der Waals surface area contributed by atoms with Gasteiger partial charge in [0.1, 0.15) is 0 Å². The lowest BCUT2D eigenvalue weighted by Crippen LogP contribution is -2.34. The Hall–Kier alpha value is -2.34. The number of nitrogens with one attached hydrogen (secondary N) is 2. The highest BCUT2D eigenvalue weighted by Crippen LogP contribution is 2.34. The fourth-order valence-electron chi connectivity index (χ4n) is 2.94. The Morgan fingerprint density at radius 2 is 1.67 bits per heavy atom. The van der Waals surface area contributed by atoms with E-state index in [0.717, 1.165) is 18.1 Å². The predicted octanol–water partition coefficient (Wildman–Crippen LogP) is 5.19. The molecule has 0 spiro atoms. The number of benzene rings is 2. The molecule has 27 heavy (non-hydrogen) atoms. The summed E-state index contributed by atoms with van der Waals surface area (Å²) < 4.78 is 39.1. The Kier molecular flexibility index (Phi) is 7.02. The number of hydrogen-bond donors (Lipinski definition) is 2. The van der Waals surface area contributed by atoms with E-state index < -0.39 is 17.6 Å². The highest BCUT2D eigenvalue weighted by atomic mass is 19.4. The second-order valence-corrected chi connectivity index (χ2v) is 6.79. The summed E-state index contributed by atoms with van der Waals surface area (Å²) in [5.41, 5.74) is 1.19. The average Bonchev–Trinajstić information content (AvgIpc) is 2.61. The molecule has 6 heteroatoms. The molecule has 0 saturated carbocycles. The molecule has 0 aliphatic carbocycles. The zero-order chi connectivity index (χ0) is 20.0. The summed E-state index contributed by atoms with van der Waals surface area (Å²) in [6, 6.07) is 13.0. The van der Waals surface area contributed by atoms with Crippen LogP contribution in [0, 0.1) is 5.92 Å². The van der Waals surface area contributed by atoms with Crippen LogP contribution >= 0.6 is 0 Å². The van der Waals surface area contributed by atoms with Crippen LogP contribution in [0.5, 0.6) is 0 Å². The Balaban J connectivity index is 2.04. The molecule has 0 saturated heterocycles. The van der Waals surface area contributed by atoms with Crippen LogP contribution in [0.4, 0.5) is 18.9 Å². The van der Waals surface area contributed by atoms with Gasteiger partial charge in [-0.25, -0.2) is 0 Å². The molecule has 0 bridgehead atoms. The second kappa shape index (κ2) is 9.04. The normalized spacial score (nSPS) is 12.9. The zero-order valence-electron chi connectivity index (χ0n) is 15.7. The van der Waals surface area contributed by atoms with E-state index in [1.807, 2.05) is 38.1 Å². The molecule has 2 aromatic rings. The third-order valence-electron chi connectivity index (χ3n) is 4.40. The molecule has 0 aromatic heterocycles. The number of hydrogen-bond acceptors (Lipinski definition) is 2. The number of anilines is 1. The Labute approximate surface area is 158 Å². The summed E-state index contributed by atoms with van der Waals surface area (Å²) in [4.78, 5) is 12.2. The Morgan fingerprint density at radius 1 is 1.04 bits per heavy atom. The van der Waals surface area contributed by atoms with E-state index in [4.69, 9.17) is 0 Å². The quantitative estimate of drug-likeness (QED) is 0.696. The number of carbonyl (C=O) groups excluding carboxylic acids is 1. The smallest absolute Gasteiger partial charge is 0.324 e. The van der Waals surface area contributed by atoms with Crippen LogP contribution in [-0.4, -0.2) is 12.5 Å². The lowest BCUT2D eigenvalue weighted by Gasteiger charge is -2.23. The van der Waals surface area contributed by atoms with Gasteiger partial charge in [0.05, 0.1) is 17.8 Å². The number of alkyl halides is 3. The maximum atomic E-state index is 13.0. The summed E-state index contributed by atoms with van der Waals surface area (Å²) in [5, 5.41) is 5.52. The standard InChI is InChI=1S/C21H25F3N2O/c1-4-15-9-11-16(12-10-15)20(14(2)3)25-13-19(27)26-18-8-6-5-7-17(18)21(22,23)24/h5-12,14,20,25H,4,13H2,1-3H3,(H,26,27)/t20-/m0/s1. The van der Waals surface area contributed by atoms with Crippen molar-refractivity contribution in [3.05, 3.63) is 65.2 Å². The number of para-hydroxylation sites is 1. The fourth-order valence-corrected chi connectivity index (χ4v) is 2.94. The van der Waals surface area contributed by atoms with Crippen molar-refractivity contribution in [2.24, 2.45) is 5.92 Å². The van der Waals surface area contributed by atoms with E-state index in [1.54, 1.807) is 0 Å². The van der Waals surface area contributed by atoms with Gasteiger partial charge >= 0.3 is 6.18 Å². The molecule has 2 rings (SSSR count). The summed E-state index contributed by atoms with van der Waals surface area (Å²) in [6.07, 6.45) is -3.57. The van der Waals surface area contributed by atoms with Crippen molar-refractivity contribution in [1.82, 2.24) is 5.32 Å². The molecule has 0 unspecified atom stereocenters. The van der Waals surface area contributed by atoms with Crippen molar-refractivity contribution < 1.29 is 18.0 Å². The van der Waals surface area contributed by atoms with Gasteiger partial charge in [-0.2, -0.15) is 13.2 Å². The first-order valence-electron chi connectivity index (χ1n) is 9.00. The lowest BCUT2D eigenvalue weighted by atomic mass is 9.95. The molecule has 3 nitrogen and oxygen atoms in total. The average molecular weight is 378 g/mol. The number of aryl methyl sites for hydroxylation is 1. The van der Waals surface area contributed by atoms with E-state index in [9.17, 15) is 18.0 Å². The maximum absolute atomic E-state index is 13.0. The van der Waals surface area contributed by atoms with Gasteiger partial charge < -0.3 is 10.6 Å². The van der Waals surface area contributed by atoms with Gasteiger partial charge in [0.25, 0.3) is 0 Å². The third-order valence-corrected chi connectivity index (χ3v) is 4.40. The van der Waals surface area contributed by atoms with Crippen molar-refractivity contribution in [1.29, 1.82) is 0 Å². The Morgan fingerprint density at radius 3 is 2.22 bits per heavy atom. The van der Waals surface area contributed by atoms with Crippen LogP contribution in [0.15, 0.2) is 48.5 Å². The van der Waals surface area contributed by atoms with E-state index in [0.29, 0.717) is 0 Å². The summed E-state index contributed by atoms with van der Waals surface area (Å²) >= 11 is 0. The minimum Gasteiger partial charge on any atom is -0.324 e. The number of rotatable bonds is 7. The van der Waals surface area contributed by atoms with Crippen LogP contribution in [0.3, 0.4) is 0 Å². The van der Waals surface area contributed by atoms with Crippen LogP contribution in [0.2, 0.25) is 0 Å². The molecule has 0 radical (unpaired) electrons. The molecule has 146 valence electrons. The SMILES string of the molecule is CCc1ccc([C@@H](NCC(=O)Nc2ccccc2C(F)(F)F)C(C)C)cc1. The fraction of sp³-hybridized carbons (Fsp3) is 0.381. The van der Waals surface area contributed by atoms with Gasteiger partial charge in [0.2, 0.25) is 5.91 Å². The van der Waals surface area contributed by atoms with Crippen LogP contribution in [-0.2, 0) is 17.4 Å². The first-order chi connectivity index (χ1) is 12.7. The van der Waals surface area contributed by atoms with E-state index in [1.165, 1.54) is 23.8 Å². The topological polar surface area (TPSA) is 41.1 Å². The van der Waals surface area contributed by atoms with Crippen LogP contribution in [0.25, 0.3) is 0 Å². The number of carbonyl (C=O) groups is 1. The summed E-state index contributed by atoms with van der Waals surface area (Å²) in [6.45, 7) is 6.06. The monoisotopic (exact) mass is 378 g/mol. The summed E-state index contributed by atoms with van der Waals surface area (Å²) in [7, 11) is 0. The van der Waals surface area contributed by atoms with Gasteiger partial charge in [-0.3, -0.25) is 4.79 Å². The van der Waals surface area contributed by atoms with Crippen molar-refractivity contribution in [2.45, 2.75) is 39.4 Å². The van der Waals surface area contributed by atoms with Gasteiger partial charge in [0.15, 0.2) is 0 Å². The predicted molar refractivity (Wildman–Crippen MR) is 101 cm³/mol. The minimum atomic E-state index is -4.52. The van der Waals surface area contributed by atoms with Crippen molar-refractivity contribution in [3.63, 3.8) is 0 Å². The van der Waals surface area contributed by atoms with Gasteiger partial charge in [-0.15, -0.1) is 0 Å². The molecule has 0 aliphatic rings. The molecule has 0 fully saturated rings. The van der Waals surface area contributed by atoms with E-state index in [2.05, 4.69) is 17.6 Å². The largest absolute Gasteiger partial charge is 0.418 e. The van der Waals surface area contributed by atoms with Crippen LogP contribution in [0.1, 0.15) is 43.5 Å². The molecule has 0 aliphatic heterocycles. The van der Waals surface area contributed by atoms with Gasteiger partial charge in [0, 0.05) is 6.04 Å².